The Bertz CT molecular complexity index is 508. The average Bonchev–Trinajstić information content (AvgIpc) is 2.74. The number of hydrogen-bond acceptors (Lipinski definition) is 0. The van der Waals surface area contributed by atoms with Crippen molar-refractivity contribution in [2.24, 2.45) is 35.0 Å². The van der Waals surface area contributed by atoms with E-state index in [0.29, 0.717) is 5.41 Å². The molecule has 0 spiro atoms. The molecular weight excluding hydrogens is 252 g/mol. The lowest BCUT2D eigenvalue weighted by atomic mass is 9.51. The van der Waals surface area contributed by atoms with Crippen molar-refractivity contribution in [1.82, 2.24) is 0 Å². The minimum absolute atomic E-state index is 0.623. The van der Waals surface area contributed by atoms with Crippen LogP contribution in [-0.2, 0) is 0 Å². The summed E-state index contributed by atoms with van der Waals surface area (Å²) in [6, 6.07) is 0. The monoisotopic (exact) mass is 284 g/mol. The molecule has 21 heavy (non-hydrogen) atoms. The van der Waals surface area contributed by atoms with Crippen LogP contribution < -0.4 is 0 Å². The minimum Gasteiger partial charge on any atom is -0.0810 e. The summed E-state index contributed by atoms with van der Waals surface area (Å²) in [5, 5.41) is 0. The van der Waals surface area contributed by atoms with Crippen LogP contribution in [0, 0.1) is 35.0 Å². The maximum atomic E-state index is 2.63. The highest BCUT2D eigenvalue weighted by molar-refractivity contribution is 5.44. The molecule has 0 heterocycles. The summed E-state index contributed by atoms with van der Waals surface area (Å²) in [5.74, 6) is 4.53. The van der Waals surface area contributed by atoms with Gasteiger partial charge in [-0.3, -0.25) is 0 Å². The lowest BCUT2D eigenvalue weighted by molar-refractivity contribution is 0.0397. The highest BCUT2D eigenvalue weighted by Gasteiger charge is 2.55. The van der Waals surface area contributed by atoms with Crippen LogP contribution in [0.1, 0.15) is 72.6 Å². The number of fused-ring (bicyclic) bond motifs is 4. The molecule has 0 radical (unpaired) electrons. The smallest absolute Gasteiger partial charge is 0.0132 e. The Morgan fingerprint density at radius 1 is 1.14 bits per heavy atom. The predicted molar refractivity (Wildman–Crippen MR) is 90.0 cm³/mol. The molecule has 0 bridgehead atoms. The first kappa shape index (κ1) is 14.1. The summed E-state index contributed by atoms with van der Waals surface area (Å²) in [6.45, 7) is 10.3. The van der Waals surface area contributed by atoms with Crippen molar-refractivity contribution < 1.29 is 0 Å². The van der Waals surface area contributed by atoms with Gasteiger partial charge in [-0.2, -0.15) is 0 Å². The molecule has 6 atom stereocenters. The van der Waals surface area contributed by atoms with Gasteiger partial charge in [0, 0.05) is 0 Å². The molecular formula is C21H32. The van der Waals surface area contributed by atoms with Gasteiger partial charge >= 0.3 is 0 Å². The molecule has 0 aromatic carbocycles. The van der Waals surface area contributed by atoms with E-state index in [-0.39, 0.29) is 0 Å². The number of allylic oxidation sites excluding steroid dienone is 4. The van der Waals surface area contributed by atoms with Crippen molar-refractivity contribution in [3.63, 3.8) is 0 Å². The molecule has 0 aromatic heterocycles. The molecule has 4 aliphatic rings. The van der Waals surface area contributed by atoms with Crippen LogP contribution in [0.15, 0.2) is 22.8 Å². The van der Waals surface area contributed by atoms with Gasteiger partial charge in [-0.1, -0.05) is 39.3 Å². The van der Waals surface area contributed by atoms with E-state index in [2.05, 4.69) is 33.8 Å². The fourth-order valence-corrected chi connectivity index (χ4v) is 6.76. The Balaban J connectivity index is 1.83. The lowest BCUT2D eigenvalue weighted by Crippen LogP contribution is -2.45. The van der Waals surface area contributed by atoms with Crippen molar-refractivity contribution in [3.05, 3.63) is 22.8 Å². The van der Waals surface area contributed by atoms with Gasteiger partial charge in [0.05, 0.1) is 0 Å². The molecule has 0 amide bonds. The standard InChI is InChI=1S/C21H32/c1-13-11-16-7-5-6-8-17(16)19-14(2)12-21(4)15(3)9-10-18(21)20(13)19/h7,13-15,18,20H,5-6,8-12H2,1-4H3/t13-,14+,15+,18+,20+,21-/m1/s1. The maximum Gasteiger partial charge on any atom is -0.0132 e. The van der Waals surface area contributed by atoms with Crippen molar-refractivity contribution in [3.8, 4) is 0 Å². The van der Waals surface area contributed by atoms with Gasteiger partial charge < -0.3 is 0 Å². The summed E-state index contributed by atoms with van der Waals surface area (Å²) in [5.41, 5.74) is 6.13. The third-order valence-electron chi connectivity index (χ3n) is 7.87. The van der Waals surface area contributed by atoms with E-state index < -0.39 is 0 Å². The minimum atomic E-state index is 0.623. The topological polar surface area (TPSA) is 0 Å². The molecule has 0 aromatic rings. The first-order valence-corrected chi connectivity index (χ1v) is 9.44. The van der Waals surface area contributed by atoms with Gasteiger partial charge in [0.25, 0.3) is 0 Å². The number of rotatable bonds is 0. The molecule has 0 unspecified atom stereocenters. The fourth-order valence-electron chi connectivity index (χ4n) is 6.76. The second-order valence-electron chi connectivity index (χ2n) is 8.96. The zero-order valence-corrected chi connectivity index (χ0v) is 14.4. The Morgan fingerprint density at radius 3 is 2.76 bits per heavy atom. The molecule has 0 nitrogen and oxygen atoms in total. The molecule has 2 saturated carbocycles. The third-order valence-corrected chi connectivity index (χ3v) is 7.87. The predicted octanol–water partition coefficient (Wildman–Crippen LogP) is 6.14. The molecule has 116 valence electrons. The van der Waals surface area contributed by atoms with Crippen LogP contribution in [0.5, 0.6) is 0 Å². The summed E-state index contributed by atoms with van der Waals surface area (Å²) < 4.78 is 0. The van der Waals surface area contributed by atoms with E-state index in [4.69, 9.17) is 0 Å². The van der Waals surface area contributed by atoms with Gasteiger partial charge in [0.1, 0.15) is 0 Å². The molecule has 0 N–H and O–H groups in total. The Kier molecular flexibility index (Phi) is 3.18. The van der Waals surface area contributed by atoms with Crippen LogP contribution in [0.4, 0.5) is 0 Å². The van der Waals surface area contributed by atoms with Crippen LogP contribution in [0.2, 0.25) is 0 Å². The Labute approximate surface area is 131 Å². The zero-order chi connectivity index (χ0) is 14.8. The summed E-state index contributed by atoms with van der Waals surface area (Å²) in [4.78, 5) is 0. The van der Waals surface area contributed by atoms with Crippen molar-refractivity contribution in [2.45, 2.75) is 72.6 Å². The lowest BCUT2D eigenvalue weighted by Gasteiger charge is -2.53. The highest BCUT2D eigenvalue weighted by Crippen LogP contribution is 2.64. The normalized spacial score (nSPS) is 49.3. The van der Waals surface area contributed by atoms with E-state index in [1.165, 1.54) is 44.9 Å². The van der Waals surface area contributed by atoms with Crippen molar-refractivity contribution in [2.75, 3.05) is 0 Å². The zero-order valence-electron chi connectivity index (χ0n) is 14.4. The molecule has 4 aliphatic carbocycles. The van der Waals surface area contributed by atoms with E-state index in [1.54, 1.807) is 5.57 Å². The summed E-state index contributed by atoms with van der Waals surface area (Å²) in [6.07, 6.45) is 12.5. The fraction of sp³-hybridized carbons (Fsp3) is 0.810. The second kappa shape index (κ2) is 4.74. The van der Waals surface area contributed by atoms with E-state index in [9.17, 15) is 0 Å². The van der Waals surface area contributed by atoms with Crippen LogP contribution >= 0.6 is 0 Å². The second-order valence-corrected chi connectivity index (χ2v) is 8.96. The SMILES string of the molecule is C[C@@H]1CC2=CCCCC2=C2[C@@H]1[C@@H]1CC[C@H](C)[C@@]1(C)C[C@@H]2C. The van der Waals surface area contributed by atoms with Gasteiger partial charge in [-0.25, -0.2) is 0 Å². The molecule has 0 heteroatoms. The Morgan fingerprint density at radius 2 is 1.95 bits per heavy atom. The largest absolute Gasteiger partial charge is 0.0810 e. The van der Waals surface area contributed by atoms with Crippen LogP contribution in [0.25, 0.3) is 0 Å². The number of hydrogen-bond donors (Lipinski definition) is 0. The van der Waals surface area contributed by atoms with E-state index in [0.717, 1.165) is 29.6 Å². The molecule has 2 fully saturated rings. The average molecular weight is 284 g/mol. The first-order valence-electron chi connectivity index (χ1n) is 9.44. The molecule has 4 rings (SSSR count). The Hall–Kier alpha value is -0.520. The highest BCUT2D eigenvalue weighted by atomic mass is 14.6. The van der Waals surface area contributed by atoms with Gasteiger partial charge in [-0.05, 0) is 91.1 Å². The summed E-state index contributed by atoms with van der Waals surface area (Å²) >= 11 is 0. The third kappa shape index (κ3) is 1.87. The first-order chi connectivity index (χ1) is 10.0. The summed E-state index contributed by atoms with van der Waals surface area (Å²) in [7, 11) is 0. The van der Waals surface area contributed by atoms with Crippen molar-refractivity contribution in [1.29, 1.82) is 0 Å². The van der Waals surface area contributed by atoms with Gasteiger partial charge in [0.2, 0.25) is 0 Å². The maximum absolute atomic E-state index is 2.63. The van der Waals surface area contributed by atoms with Gasteiger partial charge in [0.15, 0.2) is 0 Å². The molecule has 0 aliphatic heterocycles. The van der Waals surface area contributed by atoms with Crippen molar-refractivity contribution >= 4 is 0 Å². The van der Waals surface area contributed by atoms with E-state index >= 15 is 0 Å². The van der Waals surface area contributed by atoms with Crippen LogP contribution in [0.3, 0.4) is 0 Å². The van der Waals surface area contributed by atoms with Crippen LogP contribution in [-0.4, -0.2) is 0 Å². The quantitative estimate of drug-likeness (QED) is 0.501. The molecule has 0 saturated heterocycles. The van der Waals surface area contributed by atoms with E-state index in [1.807, 2.05) is 11.1 Å². The van der Waals surface area contributed by atoms with Gasteiger partial charge in [-0.15, -0.1) is 0 Å².